The van der Waals surface area contributed by atoms with Crippen LogP contribution in [-0.4, -0.2) is 59.5 Å². The van der Waals surface area contributed by atoms with Gasteiger partial charge in [0.05, 0.1) is 13.2 Å². The molecule has 0 spiro atoms. The van der Waals surface area contributed by atoms with Crippen LogP contribution in [0.15, 0.2) is 16.9 Å². The lowest BCUT2D eigenvalue weighted by Gasteiger charge is -2.38. The van der Waals surface area contributed by atoms with E-state index in [4.69, 9.17) is 4.74 Å². The SMILES string of the molecule is CCCn1nc(C(=O)NC[C@H](C(CC)CC)N2CCOCC2)ccc1=O. The molecule has 0 saturated carbocycles. The predicted molar refractivity (Wildman–Crippen MR) is 101 cm³/mol. The molecule has 0 aliphatic carbocycles. The molecule has 1 amide bonds. The number of carbonyl (C=O) groups excluding carboxylic acids is 1. The summed E-state index contributed by atoms with van der Waals surface area (Å²) in [5, 5.41) is 7.23. The molecule has 1 N–H and O–H groups in total. The third kappa shape index (κ3) is 5.38. The number of hydrogen-bond donors (Lipinski definition) is 1. The average molecular weight is 364 g/mol. The average Bonchev–Trinajstić information content (AvgIpc) is 2.67. The predicted octanol–water partition coefficient (Wildman–Crippen LogP) is 1.52. The van der Waals surface area contributed by atoms with E-state index in [2.05, 4.69) is 29.2 Å². The first-order chi connectivity index (χ1) is 12.6. The van der Waals surface area contributed by atoms with Crippen LogP contribution in [0.3, 0.4) is 0 Å². The van der Waals surface area contributed by atoms with Gasteiger partial charge in [-0.15, -0.1) is 0 Å². The van der Waals surface area contributed by atoms with Gasteiger partial charge in [0.1, 0.15) is 5.69 Å². The summed E-state index contributed by atoms with van der Waals surface area (Å²) in [4.78, 5) is 26.8. The second-order valence-corrected chi connectivity index (χ2v) is 6.78. The highest BCUT2D eigenvalue weighted by atomic mass is 16.5. The maximum absolute atomic E-state index is 12.6. The molecule has 0 radical (unpaired) electrons. The number of amides is 1. The topological polar surface area (TPSA) is 76.5 Å². The van der Waals surface area contributed by atoms with Crippen molar-refractivity contribution in [2.75, 3.05) is 32.8 Å². The number of aryl methyl sites for hydroxylation is 1. The quantitative estimate of drug-likeness (QED) is 0.719. The first-order valence-corrected chi connectivity index (χ1v) is 9.78. The molecule has 7 nitrogen and oxygen atoms in total. The van der Waals surface area contributed by atoms with Gasteiger partial charge in [0.15, 0.2) is 0 Å². The molecule has 1 aromatic rings. The summed E-state index contributed by atoms with van der Waals surface area (Å²) < 4.78 is 6.82. The van der Waals surface area contributed by atoms with Crippen LogP contribution in [0.4, 0.5) is 0 Å². The van der Waals surface area contributed by atoms with Crippen molar-refractivity contribution >= 4 is 5.91 Å². The monoisotopic (exact) mass is 364 g/mol. The van der Waals surface area contributed by atoms with Crippen molar-refractivity contribution in [3.63, 3.8) is 0 Å². The lowest BCUT2D eigenvalue weighted by molar-refractivity contribution is 0.00189. The minimum atomic E-state index is -0.223. The second-order valence-electron chi connectivity index (χ2n) is 6.78. The molecule has 1 aliphatic rings. The van der Waals surface area contributed by atoms with Gasteiger partial charge in [-0.2, -0.15) is 5.10 Å². The fraction of sp³-hybridized carbons (Fsp3) is 0.737. The number of nitrogens with one attached hydrogen (secondary N) is 1. The van der Waals surface area contributed by atoms with Crippen molar-refractivity contribution in [1.82, 2.24) is 20.0 Å². The number of aromatic nitrogens is 2. The zero-order valence-electron chi connectivity index (χ0n) is 16.2. The molecule has 2 rings (SSSR count). The number of nitrogens with zero attached hydrogens (tertiary/aromatic N) is 3. The molecule has 1 fully saturated rings. The molecule has 7 heteroatoms. The Bertz CT molecular complexity index is 621. The van der Waals surface area contributed by atoms with Crippen molar-refractivity contribution < 1.29 is 9.53 Å². The molecule has 2 heterocycles. The Morgan fingerprint density at radius 3 is 2.54 bits per heavy atom. The number of morpholine rings is 1. The lowest BCUT2D eigenvalue weighted by atomic mass is 9.92. The van der Waals surface area contributed by atoms with Crippen LogP contribution in [-0.2, 0) is 11.3 Å². The summed E-state index contributed by atoms with van der Waals surface area (Å²) in [6.07, 6.45) is 2.95. The molecule has 1 atom stereocenters. The summed E-state index contributed by atoms with van der Waals surface area (Å²) in [6, 6.07) is 3.21. The molecule has 0 aromatic carbocycles. The largest absolute Gasteiger partial charge is 0.379 e. The van der Waals surface area contributed by atoms with Crippen LogP contribution >= 0.6 is 0 Å². The third-order valence-corrected chi connectivity index (χ3v) is 5.11. The van der Waals surface area contributed by atoms with Gasteiger partial charge in [-0.1, -0.05) is 33.6 Å². The van der Waals surface area contributed by atoms with Crippen LogP contribution in [0.1, 0.15) is 50.5 Å². The summed E-state index contributed by atoms with van der Waals surface area (Å²) in [5.41, 5.74) is 0.120. The Balaban J connectivity index is 2.05. The fourth-order valence-electron chi connectivity index (χ4n) is 3.57. The van der Waals surface area contributed by atoms with E-state index in [0.29, 0.717) is 30.7 Å². The third-order valence-electron chi connectivity index (χ3n) is 5.11. The van der Waals surface area contributed by atoms with E-state index < -0.39 is 0 Å². The van der Waals surface area contributed by atoms with E-state index in [1.54, 1.807) is 0 Å². The molecule has 146 valence electrons. The van der Waals surface area contributed by atoms with E-state index in [9.17, 15) is 9.59 Å². The first-order valence-electron chi connectivity index (χ1n) is 9.78. The molecule has 0 unspecified atom stereocenters. The van der Waals surface area contributed by atoms with Crippen LogP contribution < -0.4 is 10.9 Å². The lowest BCUT2D eigenvalue weighted by Crippen LogP contribution is -2.52. The van der Waals surface area contributed by atoms with Gasteiger partial charge in [0, 0.05) is 38.3 Å². The normalized spacial score (nSPS) is 16.6. The van der Waals surface area contributed by atoms with Crippen molar-refractivity contribution in [3.8, 4) is 0 Å². The Morgan fingerprint density at radius 2 is 1.92 bits per heavy atom. The zero-order valence-corrected chi connectivity index (χ0v) is 16.2. The van der Waals surface area contributed by atoms with E-state index in [1.807, 2.05) is 6.92 Å². The van der Waals surface area contributed by atoms with Gasteiger partial charge in [-0.05, 0) is 18.4 Å². The van der Waals surface area contributed by atoms with Gasteiger partial charge in [0.25, 0.3) is 11.5 Å². The Hall–Kier alpha value is -1.73. The van der Waals surface area contributed by atoms with Crippen LogP contribution in [0.5, 0.6) is 0 Å². The Kier molecular flexibility index (Phi) is 8.25. The van der Waals surface area contributed by atoms with Gasteiger partial charge in [-0.25, -0.2) is 4.68 Å². The van der Waals surface area contributed by atoms with Gasteiger partial charge in [0.2, 0.25) is 0 Å². The molecule has 26 heavy (non-hydrogen) atoms. The van der Waals surface area contributed by atoms with E-state index in [0.717, 1.165) is 45.6 Å². The van der Waals surface area contributed by atoms with E-state index >= 15 is 0 Å². The number of carbonyl (C=O) groups is 1. The number of ether oxygens (including phenoxy) is 1. The molecule has 1 aliphatic heterocycles. The van der Waals surface area contributed by atoms with Gasteiger partial charge >= 0.3 is 0 Å². The van der Waals surface area contributed by atoms with Gasteiger partial charge in [-0.3, -0.25) is 14.5 Å². The molecule has 1 saturated heterocycles. The summed E-state index contributed by atoms with van der Waals surface area (Å²) >= 11 is 0. The van der Waals surface area contributed by atoms with E-state index in [1.165, 1.54) is 16.8 Å². The van der Waals surface area contributed by atoms with Crippen molar-refractivity contribution in [3.05, 3.63) is 28.2 Å². The molecular weight excluding hydrogens is 332 g/mol. The summed E-state index contributed by atoms with van der Waals surface area (Å²) in [6.45, 7) is 10.8. The smallest absolute Gasteiger partial charge is 0.271 e. The second kappa shape index (κ2) is 10.4. The zero-order chi connectivity index (χ0) is 18.9. The van der Waals surface area contributed by atoms with Crippen molar-refractivity contribution in [1.29, 1.82) is 0 Å². The first kappa shape index (κ1) is 20.6. The van der Waals surface area contributed by atoms with Crippen LogP contribution in [0, 0.1) is 5.92 Å². The maximum Gasteiger partial charge on any atom is 0.271 e. The molecule has 1 aromatic heterocycles. The Labute approximate surface area is 155 Å². The highest BCUT2D eigenvalue weighted by molar-refractivity contribution is 5.92. The minimum absolute atomic E-state index is 0.174. The van der Waals surface area contributed by atoms with Crippen molar-refractivity contribution in [2.24, 2.45) is 5.92 Å². The fourth-order valence-corrected chi connectivity index (χ4v) is 3.57. The standard InChI is InChI=1S/C19H32N4O3/c1-4-9-23-18(24)8-7-16(21-23)19(25)20-14-17(15(5-2)6-3)22-10-12-26-13-11-22/h7-8,15,17H,4-6,9-14H2,1-3H3,(H,20,25)/t17-/m1/s1. The Morgan fingerprint density at radius 1 is 1.23 bits per heavy atom. The van der Waals surface area contributed by atoms with E-state index in [-0.39, 0.29) is 11.5 Å². The van der Waals surface area contributed by atoms with Gasteiger partial charge < -0.3 is 10.1 Å². The number of rotatable bonds is 9. The number of hydrogen-bond acceptors (Lipinski definition) is 5. The highest BCUT2D eigenvalue weighted by Crippen LogP contribution is 2.19. The molecular formula is C19H32N4O3. The minimum Gasteiger partial charge on any atom is -0.379 e. The maximum atomic E-state index is 12.6. The summed E-state index contributed by atoms with van der Waals surface area (Å²) in [5.74, 6) is 0.300. The van der Waals surface area contributed by atoms with Crippen LogP contribution in [0.2, 0.25) is 0 Å². The summed E-state index contributed by atoms with van der Waals surface area (Å²) in [7, 11) is 0. The van der Waals surface area contributed by atoms with Crippen LogP contribution in [0.25, 0.3) is 0 Å². The van der Waals surface area contributed by atoms with Crippen molar-refractivity contribution in [2.45, 2.75) is 52.6 Å². The molecule has 0 bridgehead atoms. The highest BCUT2D eigenvalue weighted by Gasteiger charge is 2.27.